The number of carbonyl (C=O) groups excluding carboxylic acids is 1. The molecule has 5 heterocycles. The lowest BCUT2D eigenvalue weighted by Gasteiger charge is -2.48. The maximum Gasteiger partial charge on any atom is 0.310 e. The zero-order chi connectivity index (χ0) is 31.7. The summed E-state index contributed by atoms with van der Waals surface area (Å²) in [6.45, 7) is 0.0612. The number of hydrogen-bond donors (Lipinski definition) is 3. The zero-order valence-corrected chi connectivity index (χ0v) is 25.6. The number of rotatable bonds is 7. The summed E-state index contributed by atoms with van der Waals surface area (Å²) in [5, 5.41) is 34.3. The number of methoxy groups -OCH3 is 2. The number of phenolic OH excluding ortho intramolecular Hbond substituents is 1. The number of hydrogen-bond acceptors (Lipinski definition) is 14. The smallest absolute Gasteiger partial charge is 0.310 e. The highest BCUT2D eigenvalue weighted by Gasteiger charge is 2.55. The summed E-state index contributed by atoms with van der Waals surface area (Å²) in [4.78, 5) is 14.3. The summed E-state index contributed by atoms with van der Waals surface area (Å²) in [7, 11) is 2.88. The van der Waals surface area contributed by atoms with Gasteiger partial charge in [-0.15, -0.1) is 11.3 Å². The SMILES string of the molecule is COc1cc(C2c3cc4c(cc3C(OCC3OC(O)C5OC(c6cccs6)OC3C5O)C3COC(=O)C23)OCO4)cc(OC)c1O. The predicted molar refractivity (Wildman–Crippen MR) is 156 cm³/mol. The third-order valence-electron chi connectivity index (χ3n) is 9.39. The van der Waals surface area contributed by atoms with Gasteiger partial charge in [-0.05, 0) is 52.4 Å². The van der Waals surface area contributed by atoms with E-state index in [4.69, 9.17) is 42.6 Å². The van der Waals surface area contributed by atoms with Crippen LogP contribution in [0.4, 0.5) is 0 Å². The topological polar surface area (TPSA) is 161 Å². The van der Waals surface area contributed by atoms with E-state index in [1.807, 2.05) is 29.6 Å². The Morgan fingerprint density at radius 1 is 0.935 bits per heavy atom. The van der Waals surface area contributed by atoms with Crippen molar-refractivity contribution in [3.05, 3.63) is 63.3 Å². The fourth-order valence-corrected chi connectivity index (χ4v) is 7.95. The molecular weight excluding hydrogens is 624 g/mol. The van der Waals surface area contributed by atoms with Crippen LogP contribution in [-0.2, 0) is 28.5 Å². The molecule has 0 amide bonds. The zero-order valence-electron chi connectivity index (χ0n) is 24.8. The first-order valence-corrected chi connectivity index (χ1v) is 15.8. The second-order valence-electron chi connectivity index (χ2n) is 11.8. The number of fused-ring (bicyclic) bond motifs is 5. The molecule has 3 N–H and O–H groups in total. The number of aliphatic hydroxyl groups excluding tert-OH is 2. The molecule has 3 aromatic rings. The molecule has 10 atom stereocenters. The van der Waals surface area contributed by atoms with Crippen LogP contribution in [-0.4, -0.2) is 86.2 Å². The monoisotopic (exact) mass is 656 g/mol. The molecule has 14 heteroatoms. The number of cyclic esters (lactones) is 1. The van der Waals surface area contributed by atoms with Gasteiger partial charge in [0, 0.05) is 11.8 Å². The van der Waals surface area contributed by atoms with Crippen molar-refractivity contribution in [2.24, 2.45) is 11.8 Å². The Morgan fingerprint density at radius 2 is 1.65 bits per heavy atom. The Kier molecular flexibility index (Phi) is 7.48. The van der Waals surface area contributed by atoms with Crippen LogP contribution in [0.5, 0.6) is 28.7 Å². The van der Waals surface area contributed by atoms with E-state index < -0.39 is 66.8 Å². The summed E-state index contributed by atoms with van der Waals surface area (Å²) in [6, 6.07) is 10.8. The summed E-state index contributed by atoms with van der Waals surface area (Å²) in [6.07, 6.45) is -6.72. The van der Waals surface area contributed by atoms with Crippen molar-refractivity contribution < 1.29 is 62.7 Å². The molecule has 3 fully saturated rings. The van der Waals surface area contributed by atoms with Gasteiger partial charge in [0.1, 0.15) is 24.4 Å². The molecule has 5 aliphatic rings. The lowest BCUT2D eigenvalue weighted by atomic mass is 9.66. The molecule has 8 rings (SSSR count). The van der Waals surface area contributed by atoms with Gasteiger partial charge in [-0.25, -0.2) is 0 Å². The lowest BCUT2D eigenvalue weighted by Crippen LogP contribution is -2.64. The highest BCUT2D eigenvalue weighted by atomic mass is 32.1. The van der Waals surface area contributed by atoms with Gasteiger partial charge in [-0.2, -0.15) is 0 Å². The van der Waals surface area contributed by atoms with Gasteiger partial charge in [-0.3, -0.25) is 4.79 Å². The fraction of sp³-hybridized carbons (Fsp3) is 0.469. The Balaban J connectivity index is 1.16. The Hall–Kier alpha value is -3.63. The van der Waals surface area contributed by atoms with E-state index in [1.54, 1.807) is 12.1 Å². The molecule has 0 saturated carbocycles. The summed E-state index contributed by atoms with van der Waals surface area (Å²) in [5.74, 6) is -0.749. The largest absolute Gasteiger partial charge is 0.502 e. The van der Waals surface area contributed by atoms with E-state index in [-0.39, 0.29) is 37.3 Å². The van der Waals surface area contributed by atoms with Crippen LogP contribution in [0.2, 0.25) is 0 Å². The van der Waals surface area contributed by atoms with E-state index in [9.17, 15) is 20.1 Å². The first kappa shape index (κ1) is 29.8. The van der Waals surface area contributed by atoms with Gasteiger partial charge in [0.15, 0.2) is 35.6 Å². The molecule has 1 aliphatic carbocycles. The number of esters is 1. The van der Waals surface area contributed by atoms with Crippen LogP contribution in [0.15, 0.2) is 41.8 Å². The number of benzene rings is 2. The highest BCUT2D eigenvalue weighted by molar-refractivity contribution is 7.10. The second-order valence-corrected chi connectivity index (χ2v) is 12.7. The van der Waals surface area contributed by atoms with Crippen molar-refractivity contribution in [1.29, 1.82) is 0 Å². The predicted octanol–water partition coefficient (Wildman–Crippen LogP) is 2.75. The quantitative estimate of drug-likeness (QED) is 0.319. The Labute approximate surface area is 267 Å². The minimum Gasteiger partial charge on any atom is -0.502 e. The van der Waals surface area contributed by atoms with Crippen LogP contribution >= 0.6 is 11.3 Å². The van der Waals surface area contributed by atoms with Crippen molar-refractivity contribution in [3.63, 3.8) is 0 Å². The van der Waals surface area contributed by atoms with Gasteiger partial charge < -0.3 is 58.0 Å². The first-order chi connectivity index (χ1) is 22.4. The third-order valence-corrected chi connectivity index (χ3v) is 10.3. The minimum absolute atomic E-state index is 0.0452. The number of phenols is 1. The van der Waals surface area contributed by atoms with E-state index in [1.165, 1.54) is 25.6 Å². The van der Waals surface area contributed by atoms with E-state index in [0.717, 1.165) is 16.0 Å². The second kappa shape index (κ2) is 11.6. The summed E-state index contributed by atoms with van der Waals surface area (Å²) >= 11 is 1.44. The number of thiophene rings is 1. The summed E-state index contributed by atoms with van der Waals surface area (Å²) < 4.78 is 52.4. The van der Waals surface area contributed by atoms with Gasteiger partial charge >= 0.3 is 5.97 Å². The lowest BCUT2D eigenvalue weighted by molar-refractivity contribution is -0.392. The van der Waals surface area contributed by atoms with E-state index >= 15 is 0 Å². The molecule has 3 saturated heterocycles. The van der Waals surface area contributed by atoms with Crippen LogP contribution in [0.25, 0.3) is 0 Å². The van der Waals surface area contributed by atoms with Crippen molar-refractivity contribution in [1.82, 2.24) is 0 Å². The Morgan fingerprint density at radius 3 is 2.35 bits per heavy atom. The van der Waals surface area contributed by atoms with Crippen LogP contribution in [0.3, 0.4) is 0 Å². The highest BCUT2D eigenvalue weighted by Crippen LogP contribution is 2.56. The molecule has 10 unspecified atom stereocenters. The molecule has 0 radical (unpaired) electrons. The molecule has 46 heavy (non-hydrogen) atoms. The summed E-state index contributed by atoms with van der Waals surface area (Å²) in [5.41, 5.74) is 2.16. The molecule has 13 nitrogen and oxygen atoms in total. The molecule has 244 valence electrons. The number of aromatic hydroxyl groups is 1. The van der Waals surface area contributed by atoms with Crippen molar-refractivity contribution in [3.8, 4) is 28.7 Å². The number of ether oxygens (including phenoxy) is 9. The Bertz CT molecular complexity index is 1600. The van der Waals surface area contributed by atoms with Crippen molar-refractivity contribution >= 4 is 17.3 Å². The fourth-order valence-electron chi connectivity index (χ4n) is 7.25. The van der Waals surface area contributed by atoms with Crippen LogP contribution < -0.4 is 18.9 Å². The van der Waals surface area contributed by atoms with Crippen molar-refractivity contribution in [2.45, 2.75) is 49.0 Å². The van der Waals surface area contributed by atoms with E-state index in [2.05, 4.69) is 0 Å². The first-order valence-electron chi connectivity index (χ1n) is 14.9. The molecular formula is C32H32O13S. The van der Waals surface area contributed by atoms with Gasteiger partial charge in [-0.1, -0.05) is 6.07 Å². The molecule has 2 aromatic carbocycles. The van der Waals surface area contributed by atoms with Gasteiger partial charge in [0.2, 0.25) is 12.5 Å². The molecule has 4 aliphatic heterocycles. The standard InChI is InChI=1S/C32H32O13S/c1-37-19-6-13(7-20(38-2)25(19)33)23-14-8-17-18(42-12-41-17)9-15(14)27(16-10-40-30(35)24(16)23)39-11-21-28-26(34)29(31(36)43-21)45-32(44-28)22-4-3-5-46-22/h3-9,16,21,23-24,26-29,31-34,36H,10-12H2,1-2H3. The molecule has 0 spiro atoms. The minimum atomic E-state index is -1.41. The van der Waals surface area contributed by atoms with Gasteiger partial charge in [0.05, 0.1) is 44.3 Å². The average Bonchev–Trinajstić information content (AvgIpc) is 3.83. The van der Waals surface area contributed by atoms with Gasteiger partial charge in [0.25, 0.3) is 0 Å². The van der Waals surface area contributed by atoms with E-state index in [0.29, 0.717) is 17.1 Å². The molecule has 1 aromatic heterocycles. The van der Waals surface area contributed by atoms with Crippen LogP contribution in [0.1, 0.15) is 39.9 Å². The maximum atomic E-state index is 13.5. The maximum absolute atomic E-state index is 13.5. The normalized spacial score (nSPS) is 34.0. The third kappa shape index (κ3) is 4.70. The molecule has 2 bridgehead atoms. The number of carbonyl (C=O) groups is 1. The number of aliphatic hydroxyl groups is 2. The average molecular weight is 657 g/mol. The van der Waals surface area contributed by atoms with Crippen molar-refractivity contribution in [2.75, 3.05) is 34.2 Å². The van der Waals surface area contributed by atoms with Crippen LogP contribution in [0, 0.1) is 11.8 Å².